The van der Waals surface area contributed by atoms with Crippen molar-refractivity contribution in [1.82, 2.24) is 5.32 Å². The zero-order chi connectivity index (χ0) is 14.3. The van der Waals surface area contributed by atoms with Crippen LogP contribution in [0.15, 0.2) is 24.3 Å². The second-order valence-electron chi connectivity index (χ2n) is 4.75. The molecule has 0 bridgehead atoms. The van der Waals surface area contributed by atoms with Gasteiger partial charge in [0, 0.05) is 6.04 Å². The van der Waals surface area contributed by atoms with E-state index < -0.39 is 11.7 Å². The van der Waals surface area contributed by atoms with Gasteiger partial charge in [0.1, 0.15) is 0 Å². The summed E-state index contributed by atoms with van der Waals surface area (Å²) in [5.41, 5.74) is 0.213. The van der Waals surface area contributed by atoms with Gasteiger partial charge in [-0.2, -0.15) is 13.2 Å². The Bertz CT molecular complexity index is 374. The number of nitrogens with one attached hydrogen (secondary N) is 1. The number of alkyl halides is 3. The fourth-order valence-electron chi connectivity index (χ4n) is 2.19. The molecule has 0 aliphatic carbocycles. The van der Waals surface area contributed by atoms with E-state index in [2.05, 4.69) is 19.2 Å². The van der Waals surface area contributed by atoms with Gasteiger partial charge >= 0.3 is 6.18 Å². The summed E-state index contributed by atoms with van der Waals surface area (Å²) in [6.07, 6.45) is -0.582. The predicted molar refractivity (Wildman–Crippen MR) is 72.1 cm³/mol. The number of aryl methyl sites for hydroxylation is 1. The maximum Gasteiger partial charge on any atom is 0.416 e. The highest BCUT2D eigenvalue weighted by atomic mass is 19.4. The van der Waals surface area contributed by atoms with E-state index in [9.17, 15) is 13.2 Å². The predicted octanol–water partition coefficient (Wildman–Crippen LogP) is 4.42. The van der Waals surface area contributed by atoms with E-state index in [1.54, 1.807) is 6.07 Å². The first-order chi connectivity index (χ1) is 8.97. The maximum atomic E-state index is 12.6. The number of hydrogen-bond acceptors (Lipinski definition) is 1. The minimum atomic E-state index is -4.24. The third kappa shape index (κ3) is 5.64. The van der Waals surface area contributed by atoms with Crippen molar-refractivity contribution >= 4 is 0 Å². The van der Waals surface area contributed by atoms with Gasteiger partial charge in [-0.05, 0) is 43.9 Å². The van der Waals surface area contributed by atoms with E-state index in [1.165, 1.54) is 12.1 Å². The Morgan fingerprint density at radius 1 is 1.21 bits per heavy atom. The zero-order valence-corrected chi connectivity index (χ0v) is 11.6. The zero-order valence-electron chi connectivity index (χ0n) is 11.6. The molecule has 0 spiro atoms. The lowest BCUT2D eigenvalue weighted by Crippen LogP contribution is -2.28. The fourth-order valence-corrected chi connectivity index (χ4v) is 2.19. The van der Waals surface area contributed by atoms with Crippen LogP contribution in [0.5, 0.6) is 0 Å². The van der Waals surface area contributed by atoms with Crippen LogP contribution in [-0.2, 0) is 12.6 Å². The lowest BCUT2D eigenvalue weighted by Gasteiger charge is -2.15. The molecule has 0 fully saturated rings. The van der Waals surface area contributed by atoms with Crippen molar-refractivity contribution in [3.63, 3.8) is 0 Å². The topological polar surface area (TPSA) is 12.0 Å². The molecule has 1 N–H and O–H groups in total. The summed E-state index contributed by atoms with van der Waals surface area (Å²) in [6, 6.07) is 6.10. The lowest BCUT2D eigenvalue weighted by atomic mass is 10.0. The number of benzene rings is 1. The number of rotatable bonds is 7. The van der Waals surface area contributed by atoms with Gasteiger partial charge in [-0.1, -0.05) is 32.0 Å². The standard InChI is InChI=1S/C15H22F3N/c1-3-14(19-4-2)10-6-8-12-7-5-9-13(11-12)15(16,17)18/h5,7,9,11,14,19H,3-4,6,8,10H2,1-2H3. The quantitative estimate of drug-likeness (QED) is 0.775. The van der Waals surface area contributed by atoms with Gasteiger partial charge in [0.05, 0.1) is 5.56 Å². The minimum Gasteiger partial charge on any atom is -0.314 e. The lowest BCUT2D eigenvalue weighted by molar-refractivity contribution is -0.137. The third-order valence-corrected chi connectivity index (χ3v) is 3.26. The molecule has 0 heterocycles. The first-order valence-electron chi connectivity index (χ1n) is 6.86. The van der Waals surface area contributed by atoms with E-state index in [-0.39, 0.29) is 0 Å². The molecule has 1 atom stereocenters. The summed E-state index contributed by atoms with van der Waals surface area (Å²) in [5.74, 6) is 0. The first kappa shape index (κ1) is 16.0. The Morgan fingerprint density at radius 3 is 2.53 bits per heavy atom. The van der Waals surface area contributed by atoms with E-state index >= 15 is 0 Å². The Hall–Kier alpha value is -1.03. The molecule has 4 heteroatoms. The van der Waals surface area contributed by atoms with Crippen molar-refractivity contribution in [2.24, 2.45) is 0 Å². The second kappa shape index (κ2) is 7.53. The molecule has 1 unspecified atom stereocenters. The van der Waals surface area contributed by atoms with Crippen LogP contribution < -0.4 is 5.32 Å². The Kier molecular flexibility index (Phi) is 6.35. The number of hydrogen-bond donors (Lipinski definition) is 1. The normalized spacial score (nSPS) is 13.5. The van der Waals surface area contributed by atoms with Crippen molar-refractivity contribution in [1.29, 1.82) is 0 Å². The summed E-state index contributed by atoms with van der Waals surface area (Å²) in [7, 11) is 0. The van der Waals surface area contributed by atoms with Crippen LogP contribution >= 0.6 is 0 Å². The van der Waals surface area contributed by atoms with Crippen molar-refractivity contribution in [2.75, 3.05) is 6.54 Å². The molecule has 108 valence electrons. The Labute approximate surface area is 113 Å². The Balaban J connectivity index is 2.49. The highest BCUT2D eigenvalue weighted by Crippen LogP contribution is 2.29. The molecule has 19 heavy (non-hydrogen) atoms. The Morgan fingerprint density at radius 2 is 1.95 bits per heavy atom. The van der Waals surface area contributed by atoms with Crippen LogP contribution in [0.25, 0.3) is 0 Å². The summed E-state index contributed by atoms with van der Waals surface area (Å²) in [4.78, 5) is 0. The van der Waals surface area contributed by atoms with Gasteiger partial charge in [-0.25, -0.2) is 0 Å². The summed E-state index contributed by atoms with van der Waals surface area (Å²) < 4.78 is 37.7. The molecular weight excluding hydrogens is 251 g/mol. The monoisotopic (exact) mass is 273 g/mol. The van der Waals surface area contributed by atoms with Gasteiger partial charge in [0.25, 0.3) is 0 Å². The summed E-state index contributed by atoms with van der Waals surface area (Å²) >= 11 is 0. The van der Waals surface area contributed by atoms with Crippen LogP contribution in [0.3, 0.4) is 0 Å². The van der Waals surface area contributed by atoms with Gasteiger partial charge in [0.2, 0.25) is 0 Å². The third-order valence-electron chi connectivity index (χ3n) is 3.26. The fraction of sp³-hybridized carbons (Fsp3) is 0.600. The molecule has 0 amide bonds. The molecule has 0 aliphatic rings. The van der Waals surface area contributed by atoms with Crippen LogP contribution in [0.2, 0.25) is 0 Å². The highest BCUT2D eigenvalue weighted by Gasteiger charge is 2.30. The van der Waals surface area contributed by atoms with Gasteiger partial charge in [-0.15, -0.1) is 0 Å². The summed E-state index contributed by atoms with van der Waals surface area (Å²) in [5, 5.41) is 3.37. The van der Waals surface area contributed by atoms with E-state index in [0.717, 1.165) is 37.4 Å². The molecule has 0 saturated carbocycles. The van der Waals surface area contributed by atoms with Crippen LogP contribution in [0.4, 0.5) is 13.2 Å². The first-order valence-corrected chi connectivity index (χ1v) is 6.86. The molecule has 1 aromatic rings. The molecule has 1 rings (SSSR count). The van der Waals surface area contributed by atoms with Gasteiger partial charge in [0.15, 0.2) is 0 Å². The number of halogens is 3. The SMILES string of the molecule is CCNC(CC)CCCc1cccc(C(F)(F)F)c1. The van der Waals surface area contributed by atoms with Crippen LogP contribution in [0.1, 0.15) is 44.2 Å². The largest absolute Gasteiger partial charge is 0.416 e. The average Bonchev–Trinajstić information content (AvgIpc) is 2.37. The molecular formula is C15H22F3N. The van der Waals surface area contributed by atoms with Crippen molar-refractivity contribution < 1.29 is 13.2 Å². The second-order valence-corrected chi connectivity index (χ2v) is 4.75. The van der Waals surface area contributed by atoms with Crippen molar-refractivity contribution in [2.45, 2.75) is 51.7 Å². The van der Waals surface area contributed by atoms with Gasteiger partial charge in [-0.3, -0.25) is 0 Å². The molecule has 0 aromatic heterocycles. The van der Waals surface area contributed by atoms with Crippen molar-refractivity contribution in [3.05, 3.63) is 35.4 Å². The van der Waals surface area contributed by atoms with Crippen LogP contribution in [-0.4, -0.2) is 12.6 Å². The smallest absolute Gasteiger partial charge is 0.314 e. The van der Waals surface area contributed by atoms with Crippen LogP contribution in [0, 0.1) is 0 Å². The maximum absolute atomic E-state index is 12.6. The molecule has 0 radical (unpaired) electrons. The summed E-state index contributed by atoms with van der Waals surface area (Å²) in [6.45, 7) is 5.12. The highest BCUT2D eigenvalue weighted by molar-refractivity contribution is 5.25. The molecule has 1 aromatic carbocycles. The van der Waals surface area contributed by atoms with E-state index in [0.29, 0.717) is 12.5 Å². The molecule has 0 aliphatic heterocycles. The molecule has 1 nitrogen and oxygen atoms in total. The molecule has 0 saturated heterocycles. The minimum absolute atomic E-state index is 0.468. The average molecular weight is 273 g/mol. The van der Waals surface area contributed by atoms with E-state index in [4.69, 9.17) is 0 Å². The van der Waals surface area contributed by atoms with E-state index in [1.807, 2.05) is 0 Å². The van der Waals surface area contributed by atoms with Gasteiger partial charge < -0.3 is 5.32 Å². The van der Waals surface area contributed by atoms with Crippen molar-refractivity contribution in [3.8, 4) is 0 Å².